The van der Waals surface area contributed by atoms with E-state index >= 15 is 0 Å². The van der Waals surface area contributed by atoms with Crippen molar-refractivity contribution in [1.29, 1.82) is 0 Å². The largest absolute Gasteiger partial charge is 0.379 e. The Kier molecular flexibility index (Phi) is 4.58. The Labute approximate surface area is 74.4 Å². The average Bonchev–Trinajstić information content (AvgIpc) is 1.92. The van der Waals surface area contributed by atoms with Gasteiger partial charge in [-0.15, -0.1) is 0 Å². The number of ether oxygens (including phenoxy) is 2. The zero-order valence-electron chi connectivity index (χ0n) is 8.01. The molecule has 12 heavy (non-hydrogen) atoms. The minimum atomic E-state index is 0.358. The summed E-state index contributed by atoms with van der Waals surface area (Å²) in [5, 5.41) is 3.39. The molecule has 0 aromatic rings. The smallest absolute Gasteiger partial charge is 0.0643 e. The molecule has 3 nitrogen and oxygen atoms in total. The molecule has 0 atom stereocenters. The molecule has 1 N–H and O–H groups in total. The summed E-state index contributed by atoms with van der Waals surface area (Å²) in [5.74, 6) is 0. The number of hydrogen-bond acceptors (Lipinski definition) is 3. The molecule has 1 aliphatic rings. The van der Waals surface area contributed by atoms with Gasteiger partial charge in [-0.1, -0.05) is 0 Å². The molecule has 1 fully saturated rings. The minimum absolute atomic E-state index is 0.358. The first-order chi connectivity index (χ1) is 5.79. The lowest BCUT2D eigenvalue weighted by atomic mass is 10.2. The zero-order valence-corrected chi connectivity index (χ0v) is 8.01. The Balaban J connectivity index is 1.76. The van der Waals surface area contributed by atoms with Crippen molar-refractivity contribution in [3.05, 3.63) is 0 Å². The second-order valence-electron chi connectivity index (χ2n) is 3.46. The van der Waals surface area contributed by atoms with Gasteiger partial charge in [0.2, 0.25) is 0 Å². The standard InChI is InChI=1S/C9H19NO2/c1-8(2)12-5-3-4-10-9-6-11-7-9/h8-10H,3-7H2,1-2H3. The maximum absolute atomic E-state index is 5.40. The van der Waals surface area contributed by atoms with Gasteiger partial charge in [0.05, 0.1) is 25.4 Å². The van der Waals surface area contributed by atoms with Crippen molar-refractivity contribution in [2.24, 2.45) is 0 Å². The molecule has 1 rings (SSSR count). The molecular formula is C9H19NO2. The van der Waals surface area contributed by atoms with Crippen LogP contribution in [-0.2, 0) is 9.47 Å². The Morgan fingerprint density at radius 2 is 2.25 bits per heavy atom. The molecule has 0 aliphatic carbocycles. The summed E-state index contributed by atoms with van der Waals surface area (Å²) in [6.45, 7) is 7.79. The lowest BCUT2D eigenvalue weighted by molar-refractivity contribution is -0.00640. The molecule has 0 unspecified atom stereocenters. The van der Waals surface area contributed by atoms with Crippen molar-refractivity contribution in [3.63, 3.8) is 0 Å². The van der Waals surface area contributed by atoms with Gasteiger partial charge in [0, 0.05) is 6.61 Å². The van der Waals surface area contributed by atoms with Crippen LogP contribution in [0, 0.1) is 0 Å². The minimum Gasteiger partial charge on any atom is -0.379 e. The van der Waals surface area contributed by atoms with E-state index in [4.69, 9.17) is 9.47 Å². The van der Waals surface area contributed by atoms with E-state index < -0.39 is 0 Å². The quantitative estimate of drug-likeness (QED) is 0.602. The first-order valence-electron chi connectivity index (χ1n) is 4.72. The number of rotatable bonds is 6. The van der Waals surface area contributed by atoms with Crippen LogP contribution in [0.1, 0.15) is 20.3 Å². The monoisotopic (exact) mass is 173 g/mol. The van der Waals surface area contributed by atoms with Gasteiger partial charge in [0.1, 0.15) is 0 Å². The molecule has 1 aliphatic heterocycles. The second-order valence-corrected chi connectivity index (χ2v) is 3.46. The topological polar surface area (TPSA) is 30.5 Å². The second kappa shape index (κ2) is 5.51. The maximum Gasteiger partial charge on any atom is 0.0643 e. The van der Waals surface area contributed by atoms with Crippen molar-refractivity contribution in [1.82, 2.24) is 5.32 Å². The van der Waals surface area contributed by atoms with Crippen molar-refractivity contribution < 1.29 is 9.47 Å². The van der Waals surface area contributed by atoms with E-state index in [1.807, 2.05) is 0 Å². The van der Waals surface area contributed by atoms with Gasteiger partial charge < -0.3 is 14.8 Å². The van der Waals surface area contributed by atoms with Crippen molar-refractivity contribution in [2.45, 2.75) is 32.4 Å². The fourth-order valence-corrected chi connectivity index (χ4v) is 1.05. The highest BCUT2D eigenvalue weighted by Crippen LogP contribution is 1.99. The van der Waals surface area contributed by atoms with E-state index in [-0.39, 0.29) is 0 Å². The van der Waals surface area contributed by atoms with E-state index in [0.717, 1.165) is 32.8 Å². The predicted molar refractivity (Wildman–Crippen MR) is 48.3 cm³/mol. The van der Waals surface area contributed by atoms with E-state index in [9.17, 15) is 0 Å². The van der Waals surface area contributed by atoms with E-state index in [1.165, 1.54) is 0 Å². The van der Waals surface area contributed by atoms with Crippen molar-refractivity contribution >= 4 is 0 Å². The third-order valence-corrected chi connectivity index (χ3v) is 1.84. The molecular weight excluding hydrogens is 154 g/mol. The summed E-state index contributed by atoms with van der Waals surface area (Å²) in [6, 6.07) is 0.601. The van der Waals surface area contributed by atoms with E-state index in [1.54, 1.807) is 0 Å². The highest BCUT2D eigenvalue weighted by molar-refractivity contribution is 4.72. The van der Waals surface area contributed by atoms with Crippen LogP contribution in [0.25, 0.3) is 0 Å². The molecule has 1 saturated heterocycles. The highest BCUT2D eigenvalue weighted by Gasteiger charge is 2.16. The van der Waals surface area contributed by atoms with Crippen molar-refractivity contribution in [2.75, 3.05) is 26.4 Å². The molecule has 0 amide bonds. The third-order valence-electron chi connectivity index (χ3n) is 1.84. The highest BCUT2D eigenvalue weighted by atomic mass is 16.5. The fraction of sp³-hybridized carbons (Fsp3) is 1.00. The normalized spacial score (nSPS) is 18.2. The zero-order chi connectivity index (χ0) is 8.81. The molecule has 0 spiro atoms. The third kappa shape index (κ3) is 4.04. The predicted octanol–water partition coefficient (Wildman–Crippen LogP) is 0.790. The van der Waals surface area contributed by atoms with E-state index in [2.05, 4.69) is 19.2 Å². The summed E-state index contributed by atoms with van der Waals surface area (Å²) in [7, 11) is 0. The SMILES string of the molecule is CC(C)OCCCNC1COC1. The first-order valence-corrected chi connectivity index (χ1v) is 4.72. The van der Waals surface area contributed by atoms with Gasteiger partial charge >= 0.3 is 0 Å². The van der Waals surface area contributed by atoms with Crippen LogP contribution in [0.4, 0.5) is 0 Å². The van der Waals surface area contributed by atoms with Crippen molar-refractivity contribution in [3.8, 4) is 0 Å². The Bertz CT molecular complexity index is 113. The number of nitrogens with one attached hydrogen (secondary N) is 1. The van der Waals surface area contributed by atoms with Crippen LogP contribution in [0.15, 0.2) is 0 Å². The summed E-state index contributed by atoms with van der Waals surface area (Å²) in [4.78, 5) is 0. The van der Waals surface area contributed by atoms with Gasteiger partial charge in [-0.3, -0.25) is 0 Å². The van der Waals surface area contributed by atoms with E-state index in [0.29, 0.717) is 12.1 Å². The summed E-state index contributed by atoms with van der Waals surface area (Å²) < 4.78 is 10.4. The summed E-state index contributed by atoms with van der Waals surface area (Å²) in [6.07, 6.45) is 1.45. The first kappa shape index (κ1) is 9.96. The van der Waals surface area contributed by atoms with Gasteiger partial charge in [0.25, 0.3) is 0 Å². The average molecular weight is 173 g/mol. The fourth-order valence-electron chi connectivity index (χ4n) is 1.05. The molecule has 0 bridgehead atoms. The molecule has 72 valence electrons. The molecule has 0 saturated carbocycles. The Morgan fingerprint density at radius 3 is 2.75 bits per heavy atom. The Hall–Kier alpha value is -0.120. The summed E-state index contributed by atoms with van der Waals surface area (Å²) in [5.41, 5.74) is 0. The van der Waals surface area contributed by atoms with Crippen LogP contribution in [0.3, 0.4) is 0 Å². The van der Waals surface area contributed by atoms with Crippen LogP contribution in [-0.4, -0.2) is 38.5 Å². The summed E-state index contributed by atoms with van der Waals surface area (Å²) >= 11 is 0. The molecule has 0 radical (unpaired) electrons. The molecule has 1 heterocycles. The van der Waals surface area contributed by atoms with Gasteiger partial charge in [0.15, 0.2) is 0 Å². The van der Waals surface area contributed by atoms with Gasteiger partial charge in [-0.05, 0) is 26.8 Å². The molecule has 3 heteroatoms. The van der Waals surface area contributed by atoms with Gasteiger partial charge in [-0.2, -0.15) is 0 Å². The lowest BCUT2D eigenvalue weighted by Gasteiger charge is -2.26. The molecule has 0 aromatic carbocycles. The molecule has 0 aromatic heterocycles. The maximum atomic E-state index is 5.40. The van der Waals surface area contributed by atoms with Crippen LogP contribution in [0.2, 0.25) is 0 Å². The van der Waals surface area contributed by atoms with Crippen LogP contribution >= 0.6 is 0 Å². The van der Waals surface area contributed by atoms with Crippen LogP contribution in [0.5, 0.6) is 0 Å². The lowest BCUT2D eigenvalue weighted by Crippen LogP contribution is -2.46. The van der Waals surface area contributed by atoms with Gasteiger partial charge in [-0.25, -0.2) is 0 Å². The van der Waals surface area contributed by atoms with Crippen LogP contribution < -0.4 is 5.32 Å². The Morgan fingerprint density at radius 1 is 1.50 bits per heavy atom. The number of hydrogen-bond donors (Lipinski definition) is 1.